The van der Waals surface area contributed by atoms with Crippen LogP contribution in [0.2, 0.25) is 0 Å². The third-order valence-corrected chi connectivity index (χ3v) is 3.81. The van der Waals surface area contributed by atoms with Gasteiger partial charge >= 0.3 is 0 Å². The number of amides is 1. The fourth-order valence-corrected chi connectivity index (χ4v) is 2.17. The minimum absolute atomic E-state index is 0.0458. The van der Waals surface area contributed by atoms with Crippen LogP contribution in [0.15, 0.2) is 24.3 Å². The number of hydrogen-bond donors (Lipinski definition) is 2. The van der Waals surface area contributed by atoms with Gasteiger partial charge in [-0.2, -0.15) is 0 Å². The average molecular weight is 262 g/mol. The van der Waals surface area contributed by atoms with Crippen LogP contribution < -0.4 is 15.8 Å². The summed E-state index contributed by atoms with van der Waals surface area (Å²) in [5, 5.41) is 2.91. The number of nitrogens with one attached hydrogen (secondary N) is 1. The van der Waals surface area contributed by atoms with Gasteiger partial charge in [0.2, 0.25) is 0 Å². The molecular formula is C15H22N2O2. The molecule has 1 fully saturated rings. The van der Waals surface area contributed by atoms with Crippen LogP contribution in [0, 0.1) is 11.3 Å². The number of para-hydroxylation sites is 1. The van der Waals surface area contributed by atoms with Crippen molar-refractivity contribution in [2.75, 3.05) is 13.2 Å². The van der Waals surface area contributed by atoms with Gasteiger partial charge in [0.15, 0.2) is 6.61 Å². The second-order valence-electron chi connectivity index (χ2n) is 5.79. The van der Waals surface area contributed by atoms with Crippen LogP contribution in [-0.2, 0) is 11.3 Å². The Morgan fingerprint density at radius 2 is 2.16 bits per heavy atom. The van der Waals surface area contributed by atoms with Crippen molar-refractivity contribution in [3.63, 3.8) is 0 Å². The van der Waals surface area contributed by atoms with Gasteiger partial charge in [0.25, 0.3) is 5.91 Å². The molecule has 0 spiro atoms. The van der Waals surface area contributed by atoms with E-state index in [1.165, 1.54) is 6.42 Å². The van der Waals surface area contributed by atoms with E-state index in [9.17, 15) is 4.79 Å². The van der Waals surface area contributed by atoms with E-state index in [1.54, 1.807) is 0 Å². The van der Waals surface area contributed by atoms with Gasteiger partial charge in [0.1, 0.15) is 5.75 Å². The lowest BCUT2D eigenvalue weighted by Gasteiger charge is -2.10. The minimum atomic E-state index is -0.0745. The molecule has 4 heteroatoms. The summed E-state index contributed by atoms with van der Waals surface area (Å²) in [6.45, 7) is 5.64. The number of hydrogen-bond acceptors (Lipinski definition) is 3. The molecule has 0 bridgehead atoms. The van der Waals surface area contributed by atoms with Gasteiger partial charge < -0.3 is 15.8 Å². The molecule has 0 saturated heterocycles. The van der Waals surface area contributed by atoms with Gasteiger partial charge in [-0.1, -0.05) is 32.0 Å². The molecule has 1 aromatic rings. The van der Waals surface area contributed by atoms with Crippen molar-refractivity contribution in [3.8, 4) is 5.75 Å². The molecule has 19 heavy (non-hydrogen) atoms. The third-order valence-electron chi connectivity index (χ3n) is 3.81. The average Bonchev–Trinajstić information content (AvgIpc) is 3.02. The number of carbonyl (C=O) groups is 1. The summed E-state index contributed by atoms with van der Waals surface area (Å²) in [6.07, 6.45) is 1.18. The maximum atomic E-state index is 11.7. The Hall–Kier alpha value is -1.55. The van der Waals surface area contributed by atoms with E-state index in [4.69, 9.17) is 10.5 Å². The van der Waals surface area contributed by atoms with Crippen LogP contribution in [0.1, 0.15) is 25.8 Å². The Bertz CT molecular complexity index is 457. The Morgan fingerprint density at radius 3 is 2.79 bits per heavy atom. The van der Waals surface area contributed by atoms with Gasteiger partial charge in [-0.05, 0) is 23.8 Å². The van der Waals surface area contributed by atoms with E-state index in [0.717, 1.165) is 12.1 Å². The van der Waals surface area contributed by atoms with Crippen LogP contribution in [0.5, 0.6) is 5.75 Å². The fraction of sp³-hybridized carbons (Fsp3) is 0.533. The molecule has 1 aliphatic carbocycles. The standard InChI is InChI=1S/C15H22N2O2/c1-15(2)7-12(15)9-17-14(18)10-19-13-6-4-3-5-11(13)8-16/h3-6,12H,7-10,16H2,1-2H3,(H,17,18). The van der Waals surface area contributed by atoms with E-state index < -0.39 is 0 Å². The van der Waals surface area contributed by atoms with Crippen LogP contribution in [-0.4, -0.2) is 19.1 Å². The lowest BCUT2D eigenvalue weighted by atomic mass is 10.1. The summed E-state index contributed by atoms with van der Waals surface area (Å²) in [5.41, 5.74) is 6.92. The van der Waals surface area contributed by atoms with E-state index >= 15 is 0 Å². The second-order valence-corrected chi connectivity index (χ2v) is 5.79. The summed E-state index contributed by atoms with van der Waals surface area (Å²) in [4.78, 5) is 11.7. The Kier molecular flexibility index (Phi) is 4.10. The quantitative estimate of drug-likeness (QED) is 0.820. The SMILES string of the molecule is CC1(C)CC1CNC(=O)COc1ccccc1CN. The summed E-state index contributed by atoms with van der Waals surface area (Å²) >= 11 is 0. The monoisotopic (exact) mass is 262 g/mol. The molecule has 1 aromatic carbocycles. The fourth-order valence-electron chi connectivity index (χ4n) is 2.17. The summed E-state index contributed by atoms with van der Waals surface area (Å²) in [5.74, 6) is 1.22. The Balaban J connectivity index is 1.74. The van der Waals surface area contributed by atoms with E-state index in [1.807, 2.05) is 24.3 Å². The predicted octanol–water partition coefficient (Wildman–Crippen LogP) is 1.69. The highest BCUT2D eigenvalue weighted by molar-refractivity contribution is 5.77. The van der Waals surface area contributed by atoms with Gasteiger partial charge in [-0.15, -0.1) is 0 Å². The highest BCUT2D eigenvalue weighted by Gasteiger charge is 2.45. The molecule has 1 amide bonds. The first kappa shape index (κ1) is 13.9. The normalized spacial score (nSPS) is 19.8. The predicted molar refractivity (Wildman–Crippen MR) is 74.7 cm³/mol. The zero-order chi connectivity index (χ0) is 13.9. The number of ether oxygens (including phenoxy) is 1. The third kappa shape index (κ3) is 3.70. The molecule has 104 valence electrons. The molecule has 1 saturated carbocycles. The molecule has 1 unspecified atom stereocenters. The highest BCUT2D eigenvalue weighted by Crippen LogP contribution is 2.50. The first-order chi connectivity index (χ1) is 9.03. The van der Waals surface area contributed by atoms with E-state index in [2.05, 4.69) is 19.2 Å². The molecule has 1 aliphatic rings. The summed E-state index contributed by atoms with van der Waals surface area (Å²) in [6, 6.07) is 7.52. The van der Waals surface area contributed by atoms with Crippen molar-refractivity contribution < 1.29 is 9.53 Å². The zero-order valence-corrected chi connectivity index (χ0v) is 11.6. The largest absolute Gasteiger partial charge is 0.483 e. The van der Waals surface area contributed by atoms with Gasteiger partial charge in [0.05, 0.1) is 0 Å². The smallest absolute Gasteiger partial charge is 0.257 e. The summed E-state index contributed by atoms with van der Waals surface area (Å²) < 4.78 is 5.50. The minimum Gasteiger partial charge on any atom is -0.483 e. The maximum absolute atomic E-state index is 11.7. The van der Waals surface area contributed by atoms with Crippen LogP contribution in [0.3, 0.4) is 0 Å². The Labute approximate surface area is 114 Å². The molecule has 0 aromatic heterocycles. The lowest BCUT2D eigenvalue weighted by molar-refractivity contribution is -0.123. The number of benzene rings is 1. The van der Waals surface area contributed by atoms with Gasteiger partial charge in [-0.3, -0.25) is 4.79 Å². The summed E-state index contributed by atoms with van der Waals surface area (Å²) in [7, 11) is 0. The molecular weight excluding hydrogens is 240 g/mol. The van der Waals surface area contributed by atoms with Crippen LogP contribution in [0.4, 0.5) is 0 Å². The maximum Gasteiger partial charge on any atom is 0.257 e. The van der Waals surface area contributed by atoms with Crippen molar-refractivity contribution in [2.24, 2.45) is 17.1 Å². The van der Waals surface area contributed by atoms with E-state index in [0.29, 0.717) is 23.6 Å². The highest BCUT2D eigenvalue weighted by atomic mass is 16.5. The first-order valence-corrected chi connectivity index (χ1v) is 6.70. The van der Waals surface area contributed by atoms with Gasteiger partial charge in [0, 0.05) is 18.7 Å². The van der Waals surface area contributed by atoms with Crippen molar-refractivity contribution in [2.45, 2.75) is 26.8 Å². The molecule has 4 nitrogen and oxygen atoms in total. The molecule has 2 rings (SSSR count). The molecule has 0 heterocycles. The van der Waals surface area contributed by atoms with Crippen molar-refractivity contribution in [1.29, 1.82) is 0 Å². The molecule has 0 aliphatic heterocycles. The van der Waals surface area contributed by atoms with Gasteiger partial charge in [-0.25, -0.2) is 0 Å². The first-order valence-electron chi connectivity index (χ1n) is 6.70. The zero-order valence-electron chi connectivity index (χ0n) is 11.6. The molecule has 0 radical (unpaired) electrons. The van der Waals surface area contributed by atoms with Crippen molar-refractivity contribution in [3.05, 3.63) is 29.8 Å². The van der Waals surface area contributed by atoms with Crippen LogP contribution in [0.25, 0.3) is 0 Å². The topological polar surface area (TPSA) is 64.3 Å². The number of rotatable bonds is 6. The van der Waals surface area contributed by atoms with Crippen molar-refractivity contribution in [1.82, 2.24) is 5.32 Å². The van der Waals surface area contributed by atoms with Crippen molar-refractivity contribution >= 4 is 5.91 Å². The Morgan fingerprint density at radius 1 is 1.47 bits per heavy atom. The lowest BCUT2D eigenvalue weighted by Crippen LogP contribution is -2.31. The van der Waals surface area contributed by atoms with Crippen LogP contribution >= 0.6 is 0 Å². The number of carbonyl (C=O) groups excluding carboxylic acids is 1. The van der Waals surface area contributed by atoms with E-state index in [-0.39, 0.29) is 12.5 Å². The second kappa shape index (κ2) is 5.61. The number of nitrogens with two attached hydrogens (primary N) is 1. The molecule has 1 atom stereocenters. The molecule has 3 N–H and O–H groups in total.